The van der Waals surface area contributed by atoms with Gasteiger partial charge in [-0.15, -0.1) is 10.2 Å². The lowest BCUT2D eigenvalue weighted by Gasteiger charge is -2.08. The summed E-state index contributed by atoms with van der Waals surface area (Å²) in [5.41, 5.74) is 1.71. The molecule has 2 aromatic rings. The molecule has 0 saturated carbocycles. The van der Waals surface area contributed by atoms with Crippen LogP contribution < -0.4 is 5.32 Å². The van der Waals surface area contributed by atoms with Crippen molar-refractivity contribution in [1.82, 2.24) is 14.8 Å². The van der Waals surface area contributed by atoms with E-state index in [9.17, 15) is 4.79 Å². The number of rotatable bonds is 3. The molecule has 1 N–H and O–H groups in total. The summed E-state index contributed by atoms with van der Waals surface area (Å²) in [6, 6.07) is 7.67. The van der Waals surface area contributed by atoms with E-state index in [2.05, 4.69) is 26.7 Å². The Balaban J connectivity index is 1.94. The summed E-state index contributed by atoms with van der Waals surface area (Å²) in [7, 11) is 0. The summed E-state index contributed by atoms with van der Waals surface area (Å²) in [6.07, 6.45) is 5.81. The third kappa shape index (κ3) is 2.86. The normalized spacial score (nSPS) is 14.1. The number of aromatic nitrogens is 3. The summed E-state index contributed by atoms with van der Waals surface area (Å²) >= 11 is 0. The van der Waals surface area contributed by atoms with Crippen LogP contribution in [0.3, 0.4) is 0 Å². The molecule has 0 spiro atoms. The van der Waals surface area contributed by atoms with Gasteiger partial charge in [0.15, 0.2) is 5.82 Å². The summed E-state index contributed by atoms with van der Waals surface area (Å²) in [6.45, 7) is 4.42. The lowest BCUT2D eigenvalue weighted by atomic mass is 10.2. The molecule has 5 heteroatoms. The van der Waals surface area contributed by atoms with Crippen molar-refractivity contribution in [2.45, 2.75) is 32.2 Å². The van der Waals surface area contributed by atoms with Gasteiger partial charge in [0.1, 0.15) is 5.82 Å². The molecule has 0 atom stereocenters. The fourth-order valence-corrected chi connectivity index (χ4v) is 2.63. The first-order valence-corrected chi connectivity index (χ1v) is 7.24. The van der Waals surface area contributed by atoms with Gasteiger partial charge in [-0.3, -0.25) is 4.79 Å². The fourth-order valence-electron chi connectivity index (χ4n) is 2.63. The monoisotopic (exact) mass is 282 g/mol. The Morgan fingerprint density at radius 1 is 1.29 bits per heavy atom. The Labute approximate surface area is 123 Å². The average Bonchev–Trinajstić information content (AvgIpc) is 2.76. The van der Waals surface area contributed by atoms with Crippen molar-refractivity contribution < 1.29 is 4.79 Å². The van der Waals surface area contributed by atoms with E-state index < -0.39 is 0 Å². The smallest absolute Gasteiger partial charge is 0.247 e. The van der Waals surface area contributed by atoms with Crippen LogP contribution in [-0.4, -0.2) is 20.7 Å². The van der Waals surface area contributed by atoms with E-state index in [1.165, 1.54) is 18.9 Å². The topological polar surface area (TPSA) is 59.8 Å². The van der Waals surface area contributed by atoms with E-state index in [0.717, 1.165) is 42.3 Å². The van der Waals surface area contributed by atoms with Gasteiger partial charge in [-0.1, -0.05) is 25.1 Å². The molecule has 2 heterocycles. The molecule has 1 aromatic carbocycles. The minimum atomic E-state index is -0.216. The lowest BCUT2D eigenvalue weighted by molar-refractivity contribution is -0.111. The molecular formula is C16H18N4O. The van der Waals surface area contributed by atoms with E-state index in [-0.39, 0.29) is 5.91 Å². The molecule has 1 aliphatic heterocycles. The number of fused-ring (bicyclic) bond motifs is 1. The van der Waals surface area contributed by atoms with E-state index in [1.807, 2.05) is 24.3 Å². The van der Waals surface area contributed by atoms with Gasteiger partial charge in [-0.05, 0) is 31.1 Å². The number of nitrogens with zero attached hydrogens (tertiary/aromatic N) is 3. The molecule has 0 radical (unpaired) electrons. The predicted octanol–water partition coefficient (Wildman–Crippen LogP) is 2.80. The van der Waals surface area contributed by atoms with Crippen LogP contribution in [0.4, 0.5) is 5.69 Å². The van der Waals surface area contributed by atoms with Crippen molar-refractivity contribution in [3.05, 3.63) is 42.7 Å². The van der Waals surface area contributed by atoms with E-state index in [1.54, 1.807) is 0 Å². The van der Waals surface area contributed by atoms with Crippen LogP contribution in [0.2, 0.25) is 0 Å². The standard InChI is InChI=1S/C16H18N4O/c1-2-15(21)17-13-8-6-7-12(11-13)16-19-18-14-9-4-3-5-10-20(14)16/h2,6-8,11H,1,3-5,9-10H2,(H,17,21). The van der Waals surface area contributed by atoms with Gasteiger partial charge in [0.05, 0.1) is 0 Å². The van der Waals surface area contributed by atoms with Crippen molar-refractivity contribution >= 4 is 11.6 Å². The second-order valence-corrected chi connectivity index (χ2v) is 5.18. The van der Waals surface area contributed by atoms with Gasteiger partial charge < -0.3 is 9.88 Å². The van der Waals surface area contributed by atoms with Crippen molar-refractivity contribution in [1.29, 1.82) is 0 Å². The quantitative estimate of drug-likeness (QED) is 0.881. The molecular weight excluding hydrogens is 264 g/mol. The Hall–Kier alpha value is -2.43. The lowest BCUT2D eigenvalue weighted by Crippen LogP contribution is -2.07. The van der Waals surface area contributed by atoms with Gasteiger partial charge in [0.2, 0.25) is 5.91 Å². The van der Waals surface area contributed by atoms with Gasteiger partial charge in [-0.25, -0.2) is 0 Å². The third-order valence-electron chi connectivity index (χ3n) is 3.68. The average molecular weight is 282 g/mol. The van der Waals surface area contributed by atoms with Crippen LogP contribution in [0, 0.1) is 0 Å². The van der Waals surface area contributed by atoms with Crippen molar-refractivity contribution in [3.8, 4) is 11.4 Å². The zero-order chi connectivity index (χ0) is 14.7. The highest BCUT2D eigenvalue weighted by Gasteiger charge is 2.16. The number of carbonyl (C=O) groups excluding carboxylic acids is 1. The molecule has 0 aliphatic carbocycles. The number of carbonyl (C=O) groups is 1. The fraction of sp³-hybridized carbons (Fsp3) is 0.312. The number of nitrogens with one attached hydrogen (secondary N) is 1. The third-order valence-corrected chi connectivity index (χ3v) is 3.68. The number of anilines is 1. The van der Waals surface area contributed by atoms with Gasteiger partial charge in [0.25, 0.3) is 0 Å². The first-order valence-electron chi connectivity index (χ1n) is 7.24. The molecule has 1 aromatic heterocycles. The Kier molecular flexibility index (Phi) is 3.81. The van der Waals surface area contributed by atoms with Crippen molar-refractivity contribution in [3.63, 3.8) is 0 Å². The Bertz CT molecular complexity index is 675. The first kappa shape index (κ1) is 13.5. The highest BCUT2D eigenvalue weighted by Crippen LogP contribution is 2.24. The van der Waals surface area contributed by atoms with Crippen LogP contribution >= 0.6 is 0 Å². The zero-order valence-corrected chi connectivity index (χ0v) is 11.9. The van der Waals surface area contributed by atoms with Crippen LogP contribution in [0.1, 0.15) is 25.1 Å². The highest BCUT2D eigenvalue weighted by molar-refractivity contribution is 5.99. The molecule has 1 amide bonds. The Morgan fingerprint density at radius 2 is 2.19 bits per heavy atom. The van der Waals surface area contributed by atoms with Crippen molar-refractivity contribution in [2.24, 2.45) is 0 Å². The highest BCUT2D eigenvalue weighted by atomic mass is 16.1. The van der Waals surface area contributed by atoms with Gasteiger partial charge >= 0.3 is 0 Å². The first-order chi connectivity index (χ1) is 10.3. The summed E-state index contributed by atoms with van der Waals surface area (Å²) in [5.74, 6) is 1.72. The Morgan fingerprint density at radius 3 is 3.05 bits per heavy atom. The largest absolute Gasteiger partial charge is 0.323 e. The molecule has 1 aliphatic rings. The molecule has 0 fully saturated rings. The molecule has 21 heavy (non-hydrogen) atoms. The maximum absolute atomic E-state index is 11.4. The molecule has 0 bridgehead atoms. The van der Waals surface area contributed by atoms with Crippen molar-refractivity contribution in [2.75, 3.05) is 5.32 Å². The summed E-state index contributed by atoms with van der Waals surface area (Å²) in [5, 5.41) is 11.4. The molecule has 3 rings (SSSR count). The molecule has 5 nitrogen and oxygen atoms in total. The molecule has 108 valence electrons. The zero-order valence-electron chi connectivity index (χ0n) is 11.9. The second kappa shape index (κ2) is 5.91. The minimum Gasteiger partial charge on any atom is -0.323 e. The predicted molar refractivity (Wildman–Crippen MR) is 81.8 cm³/mol. The molecule has 0 unspecified atom stereocenters. The number of hydrogen-bond acceptors (Lipinski definition) is 3. The number of aryl methyl sites for hydroxylation is 1. The van der Waals surface area contributed by atoms with Crippen LogP contribution in [-0.2, 0) is 17.8 Å². The van der Waals surface area contributed by atoms with Gasteiger partial charge in [-0.2, -0.15) is 0 Å². The maximum Gasteiger partial charge on any atom is 0.247 e. The maximum atomic E-state index is 11.4. The minimum absolute atomic E-state index is 0.216. The summed E-state index contributed by atoms with van der Waals surface area (Å²) in [4.78, 5) is 11.4. The van der Waals surface area contributed by atoms with Gasteiger partial charge in [0, 0.05) is 24.2 Å². The van der Waals surface area contributed by atoms with E-state index in [4.69, 9.17) is 0 Å². The van der Waals surface area contributed by atoms with Crippen LogP contribution in [0.15, 0.2) is 36.9 Å². The number of amides is 1. The second-order valence-electron chi connectivity index (χ2n) is 5.18. The molecule has 0 saturated heterocycles. The number of hydrogen-bond donors (Lipinski definition) is 1. The SMILES string of the molecule is C=CC(=O)Nc1cccc(-c2nnc3n2CCCCC3)c1. The van der Waals surface area contributed by atoms with Crippen LogP contribution in [0.5, 0.6) is 0 Å². The number of benzene rings is 1. The van der Waals surface area contributed by atoms with E-state index >= 15 is 0 Å². The summed E-state index contributed by atoms with van der Waals surface area (Å²) < 4.78 is 2.20. The van der Waals surface area contributed by atoms with E-state index in [0.29, 0.717) is 0 Å². The van der Waals surface area contributed by atoms with Crippen LogP contribution in [0.25, 0.3) is 11.4 Å².